The monoisotopic (exact) mass is 390 g/mol. The van der Waals surface area contributed by atoms with E-state index in [-0.39, 0.29) is 17.2 Å². The van der Waals surface area contributed by atoms with Crippen molar-refractivity contribution < 1.29 is 17.9 Å². The minimum Gasteiger partial charge on any atom is -0.494 e. The van der Waals surface area contributed by atoms with Crippen LogP contribution in [0.5, 0.6) is 5.75 Å². The van der Waals surface area contributed by atoms with Crippen LogP contribution in [0, 0.1) is 6.92 Å². The van der Waals surface area contributed by atoms with E-state index < -0.39 is 10.0 Å². The fraction of sp³-hybridized carbons (Fsp3) is 0.350. The van der Waals surface area contributed by atoms with Crippen LogP contribution in [0.1, 0.15) is 41.3 Å². The predicted octanol–water partition coefficient (Wildman–Crippen LogP) is 3.48. The molecule has 0 aliphatic rings. The van der Waals surface area contributed by atoms with Crippen LogP contribution in [-0.2, 0) is 16.6 Å². The van der Waals surface area contributed by atoms with Crippen molar-refractivity contribution in [3.05, 3.63) is 59.2 Å². The molecule has 0 aliphatic carbocycles. The summed E-state index contributed by atoms with van der Waals surface area (Å²) in [6, 6.07) is 12.6. The molecule has 2 aromatic rings. The predicted molar refractivity (Wildman–Crippen MR) is 108 cm³/mol. The third-order valence-electron chi connectivity index (χ3n) is 3.83. The van der Waals surface area contributed by atoms with Gasteiger partial charge in [-0.3, -0.25) is 9.52 Å². The normalized spacial score (nSPS) is 11.1. The maximum Gasteiger partial charge on any atom is 0.253 e. The first kappa shape index (κ1) is 20.8. The lowest BCUT2D eigenvalue weighted by atomic mass is 10.1. The Balaban J connectivity index is 2.08. The van der Waals surface area contributed by atoms with E-state index in [1.165, 1.54) is 0 Å². The zero-order valence-corrected chi connectivity index (χ0v) is 16.7. The third-order valence-corrected chi connectivity index (χ3v) is 4.42. The molecule has 0 fully saturated rings. The number of nitrogens with one attached hydrogen (secondary N) is 2. The van der Waals surface area contributed by atoms with Gasteiger partial charge in [0.1, 0.15) is 5.75 Å². The summed E-state index contributed by atoms with van der Waals surface area (Å²) in [5, 5.41) is 2.83. The highest BCUT2D eigenvalue weighted by Gasteiger charge is 2.14. The molecule has 2 aromatic carbocycles. The van der Waals surface area contributed by atoms with E-state index >= 15 is 0 Å². The van der Waals surface area contributed by atoms with Crippen LogP contribution in [0.3, 0.4) is 0 Å². The number of unbranched alkanes of at least 4 members (excludes halogenated alkanes) is 1. The number of carbonyl (C=O) groups excluding carboxylic acids is 1. The van der Waals surface area contributed by atoms with Crippen molar-refractivity contribution in [1.29, 1.82) is 0 Å². The van der Waals surface area contributed by atoms with Gasteiger partial charge in [-0.15, -0.1) is 0 Å². The average molecular weight is 391 g/mol. The molecule has 27 heavy (non-hydrogen) atoms. The van der Waals surface area contributed by atoms with Crippen molar-refractivity contribution in [2.24, 2.45) is 0 Å². The smallest absolute Gasteiger partial charge is 0.253 e. The number of ether oxygens (including phenoxy) is 1. The van der Waals surface area contributed by atoms with Gasteiger partial charge in [-0.05, 0) is 43.2 Å². The Labute approximate surface area is 161 Å². The van der Waals surface area contributed by atoms with Crippen molar-refractivity contribution >= 4 is 21.6 Å². The van der Waals surface area contributed by atoms with E-state index in [0.717, 1.165) is 36.0 Å². The number of hydrogen-bond donors (Lipinski definition) is 2. The summed E-state index contributed by atoms with van der Waals surface area (Å²) in [7, 11) is -3.48. The average Bonchev–Trinajstić information content (AvgIpc) is 2.61. The molecule has 0 bridgehead atoms. The quantitative estimate of drug-likeness (QED) is 0.642. The zero-order valence-electron chi connectivity index (χ0n) is 15.9. The number of anilines is 1. The van der Waals surface area contributed by atoms with Crippen LogP contribution < -0.4 is 14.8 Å². The first-order valence-corrected chi connectivity index (χ1v) is 10.8. The second-order valence-electron chi connectivity index (χ2n) is 6.46. The Bertz CT molecular complexity index is 895. The molecular formula is C20H26N2O4S. The van der Waals surface area contributed by atoms with Gasteiger partial charge in [0.05, 0.1) is 24.1 Å². The molecular weight excluding hydrogens is 364 g/mol. The fourth-order valence-corrected chi connectivity index (χ4v) is 3.07. The number of carbonyl (C=O) groups is 1. The lowest BCUT2D eigenvalue weighted by Crippen LogP contribution is -2.25. The number of sulfonamides is 1. The minimum atomic E-state index is -3.48. The Hall–Kier alpha value is -2.54. The summed E-state index contributed by atoms with van der Waals surface area (Å²) < 4.78 is 31.1. The summed E-state index contributed by atoms with van der Waals surface area (Å²) in [4.78, 5) is 12.6. The molecule has 0 radical (unpaired) electrons. The molecule has 146 valence electrons. The van der Waals surface area contributed by atoms with Gasteiger partial charge in [0.15, 0.2) is 0 Å². The molecule has 0 saturated carbocycles. The van der Waals surface area contributed by atoms with Crippen LogP contribution in [0.2, 0.25) is 0 Å². The van der Waals surface area contributed by atoms with E-state index in [1.807, 2.05) is 31.2 Å². The Morgan fingerprint density at radius 3 is 2.63 bits per heavy atom. The van der Waals surface area contributed by atoms with Crippen LogP contribution >= 0.6 is 0 Å². The molecule has 6 nitrogen and oxygen atoms in total. The van der Waals surface area contributed by atoms with Crippen molar-refractivity contribution in [1.82, 2.24) is 5.32 Å². The second-order valence-corrected chi connectivity index (χ2v) is 8.20. The summed E-state index contributed by atoms with van der Waals surface area (Å²) in [6.45, 7) is 4.93. The Morgan fingerprint density at radius 1 is 1.15 bits per heavy atom. The van der Waals surface area contributed by atoms with Gasteiger partial charge in [-0.1, -0.05) is 37.1 Å². The largest absolute Gasteiger partial charge is 0.494 e. The molecule has 0 heterocycles. The molecule has 0 aliphatic heterocycles. The molecule has 2 rings (SSSR count). The standard InChI is InChI=1S/C20H26N2O4S/c1-4-5-11-26-17-8-6-7-16(13-17)14-21-20(23)18-12-15(2)9-10-19(18)22-27(3,24)25/h6-10,12-13,22H,4-5,11,14H2,1-3H3,(H,21,23). The Morgan fingerprint density at radius 2 is 1.93 bits per heavy atom. The SMILES string of the molecule is CCCCOc1cccc(CNC(=O)c2cc(C)ccc2NS(C)(=O)=O)c1. The van der Waals surface area contributed by atoms with E-state index in [2.05, 4.69) is 17.0 Å². The van der Waals surface area contributed by atoms with E-state index in [1.54, 1.807) is 18.2 Å². The Kier molecular flexibility index (Phi) is 7.24. The summed E-state index contributed by atoms with van der Waals surface area (Å²) in [5.41, 5.74) is 2.32. The van der Waals surface area contributed by atoms with Gasteiger partial charge < -0.3 is 10.1 Å². The number of hydrogen-bond acceptors (Lipinski definition) is 4. The van der Waals surface area contributed by atoms with Crippen molar-refractivity contribution in [3.63, 3.8) is 0 Å². The highest BCUT2D eigenvalue weighted by molar-refractivity contribution is 7.92. The molecule has 0 aromatic heterocycles. The van der Waals surface area contributed by atoms with Gasteiger partial charge in [0.2, 0.25) is 10.0 Å². The second kappa shape index (κ2) is 9.41. The van der Waals surface area contributed by atoms with E-state index in [9.17, 15) is 13.2 Å². The van der Waals surface area contributed by atoms with Crippen LogP contribution in [0.15, 0.2) is 42.5 Å². The molecule has 7 heteroatoms. The maximum absolute atomic E-state index is 12.6. The molecule has 2 N–H and O–H groups in total. The summed E-state index contributed by atoms with van der Waals surface area (Å²) in [5.74, 6) is 0.423. The summed E-state index contributed by atoms with van der Waals surface area (Å²) in [6.07, 6.45) is 3.11. The van der Waals surface area contributed by atoms with E-state index in [4.69, 9.17) is 4.74 Å². The van der Waals surface area contributed by atoms with Crippen molar-refractivity contribution in [2.45, 2.75) is 33.2 Å². The van der Waals surface area contributed by atoms with Crippen molar-refractivity contribution in [2.75, 3.05) is 17.6 Å². The minimum absolute atomic E-state index is 0.261. The van der Waals surface area contributed by atoms with Crippen LogP contribution in [0.4, 0.5) is 5.69 Å². The van der Waals surface area contributed by atoms with Gasteiger partial charge >= 0.3 is 0 Å². The highest BCUT2D eigenvalue weighted by atomic mass is 32.2. The lowest BCUT2D eigenvalue weighted by molar-refractivity contribution is 0.0951. The highest BCUT2D eigenvalue weighted by Crippen LogP contribution is 2.19. The van der Waals surface area contributed by atoms with Crippen molar-refractivity contribution in [3.8, 4) is 5.75 Å². The molecule has 0 saturated heterocycles. The number of benzene rings is 2. The number of rotatable bonds is 9. The topological polar surface area (TPSA) is 84.5 Å². The molecule has 1 amide bonds. The van der Waals surface area contributed by atoms with E-state index in [0.29, 0.717) is 13.2 Å². The first-order chi connectivity index (χ1) is 12.8. The van der Waals surface area contributed by atoms with Gasteiger partial charge in [-0.25, -0.2) is 8.42 Å². The van der Waals surface area contributed by atoms with Crippen LogP contribution in [-0.4, -0.2) is 27.2 Å². The number of aryl methyl sites for hydroxylation is 1. The first-order valence-electron chi connectivity index (χ1n) is 8.87. The fourth-order valence-electron chi connectivity index (χ4n) is 2.49. The van der Waals surface area contributed by atoms with Crippen LogP contribution in [0.25, 0.3) is 0 Å². The van der Waals surface area contributed by atoms with Gasteiger partial charge in [0.25, 0.3) is 5.91 Å². The number of amides is 1. The third kappa shape index (κ3) is 6.94. The molecule has 0 unspecified atom stereocenters. The van der Waals surface area contributed by atoms with Gasteiger partial charge in [-0.2, -0.15) is 0 Å². The molecule has 0 atom stereocenters. The lowest BCUT2D eigenvalue weighted by Gasteiger charge is -2.13. The summed E-state index contributed by atoms with van der Waals surface area (Å²) >= 11 is 0. The zero-order chi connectivity index (χ0) is 19.9. The molecule has 0 spiro atoms. The van der Waals surface area contributed by atoms with Gasteiger partial charge in [0, 0.05) is 6.54 Å². The maximum atomic E-state index is 12.6.